The molecule has 1 fully saturated rings. The maximum absolute atomic E-state index is 13.5. The van der Waals surface area contributed by atoms with Crippen molar-refractivity contribution in [1.82, 2.24) is 4.90 Å². The first-order valence-electron chi connectivity index (χ1n) is 10.1. The number of nitrogens with zero attached hydrogens (tertiary/aromatic N) is 1. The van der Waals surface area contributed by atoms with Gasteiger partial charge in [-0.3, -0.25) is 14.4 Å². The Kier molecular flexibility index (Phi) is 4.16. The minimum atomic E-state index is -0.744. The summed E-state index contributed by atoms with van der Waals surface area (Å²) in [5.74, 6) is -2.85. The molecule has 1 amide bonds. The summed E-state index contributed by atoms with van der Waals surface area (Å²) in [6.07, 6.45) is 1.28. The van der Waals surface area contributed by atoms with E-state index in [4.69, 9.17) is 10.2 Å². The normalized spacial score (nSPS) is 16.5. The lowest BCUT2D eigenvalue weighted by molar-refractivity contribution is 0.0709. The number of furan rings is 1. The molecule has 8 nitrogen and oxygen atoms in total. The third kappa shape index (κ3) is 2.61. The van der Waals surface area contributed by atoms with Crippen molar-refractivity contribution in [3.8, 4) is 11.5 Å². The van der Waals surface area contributed by atoms with Crippen LogP contribution in [0.4, 0.5) is 0 Å². The molecule has 1 saturated heterocycles. The van der Waals surface area contributed by atoms with Crippen molar-refractivity contribution >= 4 is 28.2 Å². The molecule has 4 N–H and O–H groups in total. The Morgan fingerprint density at radius 3 is 2.13 bits per heavy atom. The highest BCUT2D eigenvalue weighted by atomic mass is 16.4. The molecule has 31 heavy (non-hydrogen) atoms. The van der Waals surface area contributed by atoms with Gasteiger partial charge in [0.2, 0.25) is 11.6 Å². The minimum Gasteiger partial charge on any atom is -0.506 e. The number of aromatic hydroxyl groups is 2. The minimum absolute atomic E-state index is 0.0153. The quantitative estimate of drug-likeness (QED) is 0.403. The number of ketones is 2. The summed E-state index contributed by atoms with van der Waals surface area (Å²) in [5.41, 5.74) is 5.14. The Balaban J connectivity index is 1.70. The summed E-state index contributed by atoms with van der Waals surface area (Å²) in [5, 5.41) is 22.0. The van der Waals surface area contributed by atoms with Gasteiger partial charge in [-0.05, 0) is 19.8 Å². The van der Waals surface area contributed by atoms with Crippen LogP contribution in [-0.4, -0.2) is 51.7 Å². The van der Waals surface area contributed by atoms with Crippen LogP contribution in [0.25, 0.3) is 10.8 Å². The number of fused-ring (bicyclic) bond motifs is 3. The predicted octanol–water partition coefficient (Wildman–Crippen LogP) is 2.49. The second-order valence-electron chi connectivity index (χ2n) is 8.02. The Morgan fingerprint density at radius 2 is 1.55 bits per heavy atom. The third-order valence-corrected chi connectivity index (χ3v) is 6.17. The van der Waals surface area contributed by atoms with E-state index >= 15 is 0 Å². The fraction of sp³-hybridized carbons (Fsp3) is 0.261. The number of aryl methyl sites for hydroxylation is 1. The van der Waals surface area contributed by atoms with E-state index in [1.807, 2.05) is 0 Å². The summed E-state index contributed by atoms with van der Waals surface area (Å²) in [6, 6.07) is 6.40. The van der Waals surface area contributed by atoms with Gasteiger partial charge in [0, 0.05) is 29.9 Å². The summed E-state index contributed by atoms with van der Waals surface area (Å²) >= 11 is 0. The molecule has 5 rings (SSSR count). The first kappa shape index (κ1) is 19.3. The van der Waals surface area contributed by atoms with Crippen molar-refractivity contribution in [2.24, 2.45) is 5.73 Å². The zero-order valence-electron chi connectivity index (χ0n) is 16.8. The number of phenolic OH excluding ortho intramolecular Hbond substituents is 2. The van der Waals surface area contributed by atoms with E-state index in [2.05, 4.69) is 0 Å². The average Bonchev–Trinajstić information content (AvgIpc) is 3.12. The molecule has 0 saturated carbocycles. The number of hydrogen-bond donors (Lipinski definition) is 3. The van der Waals surface area contributed by atoms with Gasteiger partial charge in [-0.25, -0.2) is 0 Å². The summed E-state index contributed by atoms with van der Waals surface area (Å²) in [7, 11) is 0. The van der Waals surface area contributed by atoms with Crippen LogP contribution in [0.1, 0.15) is 61.0 Å². The number of likely N-dealkylation sites (tertiary alicyclic amines) is 1. The van der Waals surface area contributed by atoms with Crippen LogP contribution in [-0.2, 0) is 0 Å². The van der Waals surface area contributed by atoms with Crippen molar-refractivity contribution in [2.45, 2.75) is 25.8 Å². The maximum Gasteiger partial charge on any atom is 0.258 e. The number of rotatable bonds is 1. The van der Waals surface area contributed by atoms with Gasteiger partial charge >= 0.3 is 0 Å². The monoisotopic (exact) mass is 420 g/mol. The molecule has 0 spiro atoms. The fourth-order valence-corrected chi connectivity index (χ4v) is 4.52. The number of piperidine rings is 1. The number of hydrogen-bond acceptors (Lipinski definition) is 7. The lowest BCUT2D eigenvalue weighted by Gasteiger charge is -2.30. The molecule has 1 aliphatic heterocycles. The van der Waals surface area contributed by atoms with Crippen LogP contribution in [0.15, 0.2) is 28.7 Å². The zero-order chi connectivity index (χ0) is 22.0. The van der Waals surface area contributed by atoms with Gasteiger partial charge in [-0.15, -0.1) is 0 Å². The second-order valence-corrected chi connectivity index (χ2v) is 8.02. The highest BCUT2D eigenvalue weighted by molar-refractivity contribution is 6.33. The van der Waals surface area contributed by atoms with Gasteiger partial charge in [0.1, 0.15) is 17.3 Å². The number of phenols is 2. The third-order valence-electron chi connectivity index (χ3n) is 6.17. The highest BCUT2D eigenvalue weighted by Gasteiger charge is 2.43. The predicted molar refractivity (Wildman–Crippen MR) is 111 cm³/mol. The van der Waals surface area contributed by atoms with Crippen LogP contribution in [0.5, 0.6) is 11.5 Å². The number of carbonyl (C=O) groups excluding carboxylic acids is 3. The smallest absolute Gasteiger partial charge is 0.258 e. The first-order chi connectivity index (χ1) is 14.8. The van der Waals surface area contributed by atoms with E-state index in [1.54, 1.807) is 29.2 Å². The van der Waals surface area contributed by atoms with E-state index in [-0.39, 0.29) is 50.6 Å². The van der Waals surface area contributed by atoms with E-state index in [9.17, 15) is 24.6 Å². The molecular weight excluding hydrogens is 400 g/mol. The molecular formula is C23H20N2O6. The van der Waals surface area contributed by atoms with E-state index in [0.717, 1.165) is 0 Å². The molecule has 2 heterocycles. The first-order valence-corrected chi connectivity index (χ1v) is 10.1. The molecule has 8 heteroatoms. The Labute approximate surface area is 176 Å². The van der Waals surface area contributed by atoms with Gasteiger partial charge in [-0.2, -0.15) is 0 Å². The number of carbonyl (C=O) groups is 3. The summed E-state index contributed by atoms with van der Waals surface area (Å²) in [6.45, 7) is 2.40. The van der Waals surface area contributed by atoms with Gasteiger partial charge in [0.15, 0.2) is 5.76 Å². The molecule has 158 valence electrons. The largest absolute Gasteiger partial charge is 0.506 e. The molecule has 0 bridgehead atoms. The van der Waals surface area contributed by atoms with Crippen molar-refractivity contribution in [3.63, 3.8) is 0 Å². The number of nitrogens with two attached hydrogens (primary N) is 1. The molecule has 2 aliphatic rings. The van der Waals surface area contributed by atoms with Crippen molar-refractivity contribution in [1.29, 1.82) is 0 Å². The van der Waals surface area contributed by atoms with Crippen molar-refractivity contribution < 1.29 is 29.0 Å². The molecule has 3 aromatic rings. The molecule has 0 atom stereocenters. The van der Waals surface area contributed by atoms with Crippen LogP contribution >= 0.6 is 0 Å². The maximum atomic E-state index is 13.5. The standard InChI is InChI=1S/C23H20N2O6/c1-10-14(23(30)25-8-6-11(24)7-9-25)17-20(28)15-16(21(29)22(17)31-10)19(27)13-5-3-2-4-12(13)18(15)26/h2-5,11,26-27H,6-9,24H2,1H3. The summed E-state index contributed by atoms with van der Waals surface area (Å²) in [4.78, 5) is 41.5. The van der Waals surface area contributed by atoms with Gasteiger partial charge in [-0.1, -0.05) is 24.3 Å². The van der Waals surface area contributed by atoms with Gasteiger partial charge in [0.05, 0.1) is 22.3 Å². The SMILES string of the molecule is Cc1oc2c(c1C(=O)N1CCC(N)CC1)C(=O)c1c(c(O)c3ccccc3c1O)C2=O. The zero-order valence-corrected chi connectivity index (χ0v) is 16.8. The lowest BCUT2D eigenvalue weighted by Crippen LogP contribution is -2.43. The summed E-state index contributed by atoms with van der Waals surface area (Å²) < 4.78 is 5.58. The molecule has 0 radical (unpaired) electrons. The Bertz CT molecular complexity index is 1300. The van der Waals surface area contributed by atoms with Crippen LogP contribution in [0.3, 0.4) is 0 Å². The Hall–Kier alpha value is -3.65. The topological polar surface area (TPSA) is 134 Å². The van der Waals surface area contributed by atoms with Crippen LogP contribution < -0.4 is 5.73 Å². The van der Waals surface area contributed by atoms with E-state index < -0.39 is 29.0 Å². The van der Waals surface area contributed by atoms with Crippen LogP contribution in [0, 0.1) is 6.92 Å². The Morgan fingerprint density at radius 1 is 1.00 bits per heavy atom. The van der Waals surface area contributed by atoms with E-state index in [1.165, 1.54) is 6.92 Å². The second kappa shape index (κ2) is 6.68. The highest BCUT2D eigenvalue weighted by Crippen LogP contribution is 2.45. The van der Waals surface area contributed by atoms with Crippen molar-refractivity contribution in [2.75, 3.05) is 13.1 Å². The molecule has 1 aliphatic carbocycles. The van der Waals surface area contributed by atoms with Gasteiger partial charge in [0.25, 0.3) is 5.91 Å². The molecule has 2 aromatic carbocycles. The van der Waals surface area contributed by atoms with Gasteiger partial charge < -0.3 is 25.3 Å². The lowest BCUT2D eigenvalue weighted by atomic mass is 9.83. The fourth-order valence-electron chi connectivity index (χ4n) is 4.52. The molecule has 0 unspecified atom stereocenters. The number of amides is 1. The number of benzene rings is 2. The van der Waals surface area contributed by atoms with Crippen LogP contribution in [0.2, 0.25) is 0 Å². The van der Waals surface area contributed by atoms with Crippen molar-refractivity contribution in [3.05, 3.63) is 58.0 Å². The molecule has 1 aromatic heterocycles. The average molecular weight is 420 g/mol. The van der Waals surface area contributed by atoms with E-state index in [0.29, 0.717) is 25.9 Å².